The third kappa shape index (κ3) is 4.64. The van der Waals surface area contributed by atoms with Gasteiger partial charge in [-0.3, -0.25) is 0 Å². The van der Waals surface area contributed by atoms with E-state index in [1.54, 1.807) is 0 Å². The van der Waals surface area contributed by atoms with E-state index in [4.69, 9.17) is 0 Å². The Balaban J connectivity index is 1.42. The van der Waals surface area contributed by atoms with Gasteiger partial charge in [0.25, 0.3) is 0 Å². The van der Waals surface area contributed by atoms with Gasteiger partial charge in [-0.05, 0) is 47.2 Å². The Morgan fingerprint density at radius 3 is 1.07 bits per heavy atom. The molecule has 0 spiro atoms. The van der Waals surface area contributed by atoms with Gasteiger partial charge in [-0.25, -0.2) is 0 Å². The molecular weight excluding hydrogens is 350 g/mol. The SMILES string of the molecule is C[C@@H](N[C@H](C)c1ccc(-c2ccccc2)cc1)c1ccc(-c2ccccc2)cc1. The summed E-state index contributed by atoms with van der Waals surface area (Å²) >= 11 is 0. The van der Waals surface area contributed by atoms with Crippen LogP contribution in [0.15, 0.2) is 109 Å². The minimum atomic E-state index is 0.281. The fraction of sp³-hybridized carbons (Fsp3) is 0.143. The second-order valence-electron chi connectivity index (χ2n) is 7.59. The van der Waals surface area contributed by atoms with Crippen molar-refractivity contribution in [2.24, 2.45) is 0 Å². The minimum absolute atomic E-state index is 0.281. The average molecular weight is 378 g/mol. The van der Waals surface area contributed by atoms with E-state index in [9.17, 15) is 0 Å². The molecule has 0 saturated carbocycles. The molecule has 4 aromatic rings. The molecule has 1 nitrogen and oxygen atoms in total. The average Bonchev–Trinajstić information content (AvgIpc) is 2.80. The second kappa shape index (κ2) is 8.89. The van der Waals surface area contributed by atoms with Crippen molar-refractivity contribution >= 4 is 0 Å². The number of nitrogens with one attached hydrogen (secondary N) is 1. The number of rotatable bonds is 6. The topological polar surface area (TPSA) is 12.0 Å². The molecule has 2 atom stereocenters. The summed E-state index contributed by atoms with van der Waals surface area (Å²) in [6.45, 7) is 4.46. The maximum absolute atomic E-state index is 3.73. The van der Waals surface area contributed by atoms with E-state index in [0.29, 0.717) is 0 Å². The van der Waals surface area contributed by atoms with Gasteiger partial charge in [0.15, 0.2) is 0 Å². The predicted octanol–water partition coefficient (Wildman–Crippen LogP) is 7.43. The predicted molar refractivity (Wildman–Crippen MR) is 124 cm³/mol. The molecular formula is C28H27N. The van der Waals surface area contributed by atoms with Crippen molar-refractivity contribution < 1.29 is 0 Å². The van der Waals surface area contributed by atoms with Gasteiger partial charge in [0, 0.05) is 12.1 Å². The van der Waals surface area contributed by atoms with Crippen LogP contribution >= 0.6 is 0 Å². The molecule has 0 aromatic heterocycles. The van der Waals surface area contributed by atoms with E-state index < -0.39 is 0 Å². The van der Waals surface area contributed by atoms with E-state index in [0.717, 1.165) is 0 Å². The molecule has 0 fully saturated rings. The van der Waals surface area contributed by atoms with Gasteiger partial charge in [-0.15, -0.1) is 0 Å². The monoisotopic (exact) mass is 377 g/mol. The third-order valence-corrected chi connectivity index (χ3v) is 5.54. The van der Waals surface area contributed by atoms with Gasteiger partial charge < -0.3 is 5.32 Å². The summed E-state index contributed by atoms with van der Waals surface area (Å²) in [6, 6.07) is 39.3. The fourth-order valence-corrected chi connectivity index (χ4v) is 3.76. The molecule has 0 aliphatic heterocycles. The molecule has 0 aliphatic carbocycles. The Morgan fingerprint density at radius 1 is 0.414 bits per heavy atom. The molecule has 4 aromatic carbocycles. The first kappa shape index (κ1) is 19.2. The second-order valence-corrected chi connectivity index (χ2v) is 7.59. The van der Waals surface area contributed by atoms with Crippen LogP contribution in [0.5, 0.6) is 0 Å². The molecule has 0 radical (unpaired) electrons. The van der Waals surface area contributed by atoms with E-state index in [1.165, 1.54) is 33.4 Å². The first-order valence-corrected chi connectivity index (χ1v) is 10.3. The molecule has 144 valence electrons. The molecule has 0 amide bonds. The van der Waals surface area contributed by atoms with Crippen LogP contribution < -0.4 is 5.32 Å². The van der Waals surface area contributed by atoms with Gasteiger partial charge in [-0.2, -0.15) is 0 Å². The van der Waals surface area contributed by atoms with Crippen molar-refractivity contribution in [3.8, 4) is 22.3 Å². The zero-order valence-corrected chi connectivity index (χ0v) is 17.0. The summed E-state index contributed by atoms with van der Waals surface area (Å²) in [7, 11) is 0. The lowest BCUT2D eigenvalue weighted by Gasteiger charge is -2.21. The van der Waals surface area contributed by atoms with Crippen molar-refractivity contribution in [2.75, 3.05) is 0 Å². The van der Waals surface area contributed by atoms with Gasteiger partial charge >= 0.3 is 0 Å². The minimum Gasteiger partial charge on any atom is -0.304 e. The Hall–Kier alpha value is -3.16. The maximum atomic E-state index is 3.73. The van der Waals surface area contributed by atoms with E-state index in [1.807, 2.05) is 0 Å². The molecule has 29 heavy (non-hydrogen) atoms. The summed E-state index contributed by atoms with van der Waals surface area (Å²) in [5.41, 5.74) is 7.63. The Labute approximate surface area is 174 Å². The van der Waals surface area contributed by atoms with Crippen LogP contribution in [0.25, 0.3) is 22.3 Å². The van der Waals surface area contributed by atoms with Crippen molar-refractivity contribution in [3.05, 3.63) is 120 Å². The molecule has 0 unspecified atom stereocenters. The Morgan fingerprint density at radius 2 is 0.724 bits per heavy atom. The largest absolute Gasteiger partial charge is 0.304 e. The quantitative estimate of drug-likeness (QED) is 0.368. The van der Waals surface area contributed by atoms with Crippen LogP contribution in [0.1, 0.15) is 37.1 Å². The first-order chi connectivity index (χ1) is 14.2. The standard InChI is InChI=1S/C28H27N/c1-21(23-13-17-27(18-14-23)25-9-5-3-6-10-25)29-22(2)24-15-19-28(20-16-24)26-11-7-4-8-12-26/h3-22,29H,1-2H3/t21-,22-/m1/s1. The van der Waals surface area contributed by atoms with Gasteiger partial charge in [0.1, 0.15) is 0 Å². The zero-order valence-electron chi connectivity index (χ0n) is 17.0. The highest BCUT2D eigenvalue weighted by molar-refractivity contribution is 5.64. The van der Waals surface area contributed by atoms with Crippen molar-refractivity contribution in [3.63, 3.8) is 0 Å². The van der Waals surface area contributed by atoms with Gasteiger partial charge in [-0.1, -0.05) is 109 Å². The molecule has 0 saturated heterocycles. The highest BCUT2D eigenvalue weighted by Crippen LogP contribution is 2.25. The van der Waals surface area contributed by atoms with Crippen LogP contribution in [-0.2, 0) is 0 Å². The van der Waals surface area contributed by atoms with Crippen LogP contribution in [0.2, 0.25) is 0 Å². The summed E-state index contributed by atoms with van der Waals surface area (Å²) in [4.78, 5) is 0. The molecule has 0 heterocycles. The maximum Gasteiger partial charge on any atom is 0.0297 e. The summed E-state index contributed by atoms with van der Waals surface area (Å²) in [6.07, 6.45) is 0. The molecule has 1 N–H and O–H groups in total. The van der Waals surface area contributed by atoms with Crippen LogP contribution in [0.3, 0.4) is 0 Å². The number of benzene rings is 4. The molecule has 1 heteroatoms. The third-order valence-electron chi connectivity index (χ3n) is 5.54. The summed E-state index contributed by atoms with van der Waals surface area (Å²) < 4.78 is 0. The van der Waals surface area contributed by atoms with Crippen molar-refractivity contribution in [1.82, 2.24) is 5.32 Å². The normalized spacial score (nSPS) is 13.0. The first-order valence-electron chi connectivity index (χ1n) is 10.3. The highest BCUT2D eigenvalue weighted by Gasteiger charge is 2.11. The van der Waals surface area contributed by atoms with Crippen molar-refractivity contribution in [2.45, 2.75) is 25.9 Å². The lowest BCUT2D eigenvalue weighted by atomic mass is 9.99. The van der Waals surface area contributed by atoms with E-state index in [2.05, 4.69) is 128 Å². The van der Waals surface area contributed by atoms with E-state index in [-0.39, 0.29) is 12.1 Å². The number of hydrogen-bond donors (Lipinski definition) is 1. The van der Waals surface area contributed by atoms with Crippen LogP contribution in [-0.4, -0.2) is 0 Å². The molecule has 0 aliphatic rings. The number of hydrogen-bond acceptors (Lipinski definition) is 1. The lowest BCUT2D eigenvalue weighted by Crippen LogP contribution is -2.22. The van der Waals surface area contributed by atoms with Crippen LogP contribution in [0, 0.1) is 0 Å². The van der Waals surface area contributed by atoms with Crippen molar-refractivity contribution in [1.29, 1.82) is 0 Å². The lowest BCUT2D eigenvalue weighted by molar-refractivity contribution is 0.495. The summed E-state index contributed by atoms with van der Waals surface area (Å²) in [5, 5.41) is 3.73. The fourth-order valence-electron chi connectivity index (χ4n) is 3.76. The Kier molecular flexibility index (Phi) is 5.88. The van der Waals surface area contributed by atoms with Gasteiger partial charge in [0.05, 0.1) is 0 Å². The van der Waals surface area contributed by atoms with E-state index >= 15 is 0 Å². The molecule has 0 bridgehead atoms. The zero-order chi connectivity index (χ0) is 20.1. The Bertz CT molecular complexity index is 932. The highest BCUT2D eigenvalue weighted by atomic mass is 14.9. The smallest absolute Gasteiger partial charge is 0.0297 e. The van der Waals surface area contributed by atoms with Gasteiger partial charge in [0.2, 0.25) is 0 Å². The summed E-state index contributed by atoms with van der Waals surface area (Å²) in [5.74, 6) is 0. The van der Waals surface area contributed by atoms with Crippen LogP contribution in [0.4, 0.5) is 0 Å². The molecule has 4 rings (SSSR count).